The van der Waals surface area contributed by atoms with Crippen molar-refractivity contribution in [2.75, 3.05) is 12.3 Å². The van der Waals surface area contributed by atoms with E-state index in [1.165, 1.54) is 0 Å². The van der Waals surface area contributed by atoms with E-state index in [0.29, 0.717) is 0 Å². The van der Waals surface area contributed by atoms with E-state index in [1.54, 1.807) is 6.92 Å². The minimum atomic E-state index is -3.17. The molecular formula is C12H17BrN2O2S. The minimum Gasteiger partial charge on any atom is -0.329 e. The van der Waals surface area contributed by atoms with Crippen molar-refractivity contribution in [1.82, 2.24) is 0 Å². The summed E-state index contributed by atoms with van der Waals surface area (Å²) in [6.07, 6.45) is 0. The quantitative estimate of drug-likeness (QED) is 0.861. The first-order chi connectivity index (χ1) is 8.36. The maximum atomic E-state index is 12.0. The van der Waals surface area contributed by atoms with E-state index < -0.39 is 20.6 Å². The van der Waals surface area contributed by atoms with Gasteiger partial charge in [-0.25, -0.2) is 8.42 Å². The van der Waals surface area contributed by atoms with Gasteiger partial charge in [0.05, 0.1) is 10.8 Å². The third kappa shape index (κ3) is 2.11. The van der Waals surface area contributed by atoms with E-state index in [1.807, 2.05) is 24.3 Å². The molecule has 100 valence electrons. The van der Waals surface area contributed by atoms with Crippen LogP contribution in [0.1, 0.15) is 18.4 Å². The van der Waals surface area contributed by atoms with Crippen LogP contribution in [0.15, 0.2) is 28.7 Å². The Labute approximate surface area is 116 Å². The van der Waals surface area contributed by atoms with Gasteiger partial charge >= 0.3 is 0 Å². The van der Waals surface area contributed by atoms with Crippen LogP contribution in [-0.2, 0) is 9.84 Å². The molecule has 0 amide bonds. The van der Waals surface area contributed by atoms with Gasteiger partial charge in [-0.1, -0.05) is 35.0 Å². The zero-order chi connectivity index (χ0) is 13.6. The van der Waals surface area contributed by atoms with Gasteiger partial charge in [0.15, 0.2) is 9.84 Å². The van der Waals surface area contributed by atoms with Crippen LogP contribution in [0.3, 0.4) is 0 Å². The molecule has 4 nitrogen and oxygen atoms in total. The molecule has 4 N–H and O–H groups in total. The van der Waals surface area contributed by atoms with E-state index in [-0.39, 0.29) is 18.2 Å². The molecule has 1 aromatic carbocycles. The van der Waals surface area contributed by atoms with Crippen molar-refractivity contribution in [1.29, 1.82) is 0 Å². The Morgan fingerprint density at radius 3 is 2.33 bits per heavy atom. The molecule has 1 saturated carbocycles. The first-order valence-corrected chi connectivity index (χ1v) is 8.33. The smallest absolute Gasteiger partial charge is 0.155 e. The highest BCUT2D eigenvalue weighted by molar-refractivity contribution is 9.10. The summed E-state index contributed by atoms with van der Waals surface area (Å²) in [7, 11) is -3.17. The molecule has 1 aliphatic rings. The van der Waals surface area contributed by atoms with Crippen molar-refractivity contribution in [2.24, 2.45) is 11.5 Å². The second-order valence-electron chi connectivity index (χ2n) is 4.72. The lowest BCUT2D eigenvalue weighted by Gasteiger charge is -2.07. The third-order valence-electron chi connectivity index (χ3n) is 3.67. The first-order valence-electron chi connectivity index (χ1n) is 5.83. The van der Waals surface area contributed by atoms with Crippen molar-refractivity contribution in [3.05, 3.63) is 34.3 Å². The Morgan fingerprint density at radius 2 is 1.89 bits per heavy atom. The summed E-state index contributed by atoms with van der Waals surface area (Å²) in [5, 5.41) is -0.554. The molecule has 2 rings (SSSR count). The molecule has 0 aliphatic heterocycles. The molecule has 0 unspecified atom stereocenters. The van der Waals surface area contributed by atoms with E-state index >= 15 is 0 Å². The zero-order valence-corrected chi connectivity index (χ0v) is 12.5. The molecule has 0 aromatic heterocycles. The third-order valence-corrected chi connectivity index (χ3v) is 6.49. The molecule has 18 heavy (non-hydrogen) atoms. The fourth-order valence-corrected chi connectivity index (χ4v) is 4.82. The molecule has 6 heteroatoms. The molecule has 1 aromatic rings. The fraction of sp³-hybridized carbons (Fsp3) is 0.500. The summed E-state index contributed by atoms with van der Waals surface area (Å²) in [5.74, 6) is -0.0931. The van der Waals surface area contributed by atoms with Crippen molar-refractivity contribution < 1.29 is 8.42 Å². The average molecular weight is 333 g/mol. The van der Waals surface area contributed by atoms with Crippen LogP contribution in [-0.4, -0.2) is 31.5 Å². The molecule has 1 aliphatic carbocycles. The highest BCUT2D eigenvalue weighted by atomic mass is 79.9. The fourth-order valence-electron chi connectivity index (χ4n) is 2.54. The molecule has 0 spiro atoms. The maximum absolute atomic E-state index is 12.0. The van der Waals surface area contributed by atoms with Gasteiger partial charge in [-0.05, 0) is 17.7 Å². The number of halogens is 1. The lowest BCUT2D eigenvalue weighted by Crippen LogP contribution is -2.39. The summed E-state index contributed by atoms with van der Waals surface area (Å²) in [5.41, 5.74) is 11.9. The maximum Gasteiger partial charge on any atom is 0.155 e. The summed E-state index contributed by atoms with van der Waals surface area (Å²) >= 11 is 3.35. The minimum absolute atomic E-state index is 0.101. The second kappa shape index (κ2) is 4.59. The van der Waals surface area contributed by atoms with Crippen LogP contribution in [0.2, 0.25) is 0 Å². The number of rotatable bonds is 4. The Morgan fingerprint density at radius 1 is 1.33 bits per heavy atom. The molecule has 0 radical (unpaired) electrons. The van der Waals surface area contributed by atoms with E-state index in [9.17, 15) is 8.42 Å². The van der Waals surface area contributed by atoms with Crippen LogP contribution in [0.4, 0.5) is 0 Å². The predicted octanol–water partition coefficient (Wildman–Crippen LogP) is 1.01. The standard InChI is InChI=1S/C12H17BrN2O2S/c1-2-18(16,17)11-10(12(11,15)7-14)8-3-5-9(13)6-4-8/h3-6,10-11H,2,7,14-15H2,1H3/t10-,11+,12-/m0/s1. The van der Waals surface area contributed by atoms with Crippen LogP contribution in [0, 0.1) is 0 Å². The van der Waals surface area contributed by atoms with Gasteiger partial charge in [-0.3, -0.25) is 0 Å². The van der Waals surface area contributed by atoms with Crippen LogP contribution in [0.5, 0.6) is 0 Å². The molecule has 0 heterocycles. The summed E-state index contributed by atoms with van der Waals surface area (Å²) in [4.78, 5) is 0. The Bertz CT molecular complexity index is 544. The van der Waals surface area contributed by atoms with Gasteiger partial charge in [0.25, 0.3) is 0 Å². The monoisotopic (exact) mass is 332 g/mol. The van der Waals surface area contributed by atoms with Crippen molar-refractivity contribution in [2.45, 2.75) is 23.6 Å². The summed E-state index contributed by atoms with van der Waals surface area (Å²) in [6, 6.07) is 7.58. The number of nitrogens with two attached hydrogens (primary N) is 2. The van der Waals surface area contributed by atoms with Crippen molar-refractivity contribution >= 4 is 25.8 Å². The van der Waals surface area contributed by atoms with Gasteiger partial charge in [-0.15, -0.1) is 0 Å². The van der Waals surface area contributed by atoms with Gasteiger partial charge in [-0.2, -0.15) is 0 Å². The van der Waals surface area contributed by atoms with E-state index in [2.05, 4.69) is 15.9 Å². The zero-order valence-electron chi connectivity index (χ0n) is 10.1. The summed E-state index contributed by atoms with van der Waals surface area (Å²) < 4.78 is 25.0. The molecular weight excluding hydrogens is 316 g/mol. The van der Waals surface area contributed by atoms with Crippen LogP contribution in [0.25, 0.3) is 0 Å². The highest BCUT2D eigenvalue weighted by Gasteiger charge is 2.67. The second-order valence-corrected chi connectivity index (χ2v) is 8.04. The lowest BCUT2D eigenvalue weighted by atomic mass is 10.1. The molecule has 3 atom stereocenters. The van der Waals surface area contributed by atoms with E-state index in [4.69, 9.17) is 11.5 Å². The van der Waals surface area contributed by atoms with Gasteiger partial charge in [0, 0.05) is 22.7 Å². The van der Waals surface area contributed by atoms with Gasteiger partial charge < -0.3 is 11.5 Å². The van der Waals surface area contributed by atoms with Crippen LogP contribution < -0.4 is 11.5 Å². The predicted molar refractivity (Wildman–Crippen MR) is 76.1 cm³/mol. The SMILES string of the molecule is CCS(=O)(=O)[C@@H]1[C@H](c2ccc(Br)cc2)[C@@]1(N)CN. The summed E-state index contributed by atoms with van der Waals surface area (Å²) in [6.45, 7) is 1.82. The van der Waals surface area contributed by atoms with E-state index in [0.717, 1.165) is 10.0 Å². The Kier molecular flexibility index (Phi) is 3.57. The molecule has 0 saturated heterocycles. The first kappa shape index (κ1) is 14.0. The van der Waals surface area contributed by atoms with Crippen molar-refractivity contribution in [3.8, 4) is 0 Å². The van der Waals surface area contributed by atoms with Crippen LogP contribution >= 0.6 is 15.9 Å². The number of sulfone groups is 1. The normalized spacial score (nSPS) is 31.3. The highest BCUT2D eigenvalue weighted by Crippen LogP contribution is 2.53. The number of hydrogen-bond donors (Lipinski definition) is 2. The topological polar surface area (TPSA) is 86.2 Å². The molecule has 1 fully saturated rings. The largest absolute Gasteiger partial charge is 0.329 e. The van der Waals surface area contributed by atoms with Gasteiger partial charge in [0.2, 0.25) is 0 Å². The van der Waals surface area contributed by atoms with Gasteiger partial charge in [0.1, 0.15) is 0 Å². The number of hydrogen-bond acceptors (Lipinski definition) is 4. The Balaban J connectivity index is 2.37. The molecule has 0 bridgehead atoms. The lowest BCUT2D eigenvalue weighted by molar-refractivity contribution is 0.587. The Hall–Kier alpha value is -0.430. The number of benzene rings is 1. The van der Waals surface area contributed by atoms with Crippen molar-refractivity contribution in [3.63, 3.8) is 0 Å². The average Bonchev–Trinajstić information content (AvgIpc) is 2.98.